The SMILES string of the molecule is C/C(=C\CO)CC[C@H]1C(CO)=CC(O)C2[C@]1(C)CCC[C@]2(C)C(=O)O. The summed E-state index contributed by atoms with van der Waals surface area (Å²) in [6.07, 6.45) is 6.41. The molecule has 5 heteroatoms. The van der Waals surface area contributed by atoms with Crippen molar-refractivity contribution in [3.63, 3.8) is 0 Å². The predicted molar refractivity (Wildman–Crippen MR) is 95.9 cm³/mol. The van der Waals surface area contributed by atoms with Gasteiger partial charge in [0.2, 0.25) is 0 Å². The summed E-state index contributed by atoms with van der Waals surface area (Å²) in [5.41, 5.74) is 0.579. The van der Waals surface area contributed by atoms with Crippen LogP contribution in [0.3, 0.4) is 0 Å². The number of carbonyl (C=O) groups is 1. The highest BCUT2D eigenvalue weighted by Crippen LogP contribution is 2.60. The molecule has 142 valence electrons. The molecule has 5 atom stereocenters. The maximum absolute atomic E-state index is 12.0. The van der Waals surface area contributed by atoms with Crippen LogP contribution in [0.25, 0.3) is 0 Å². The van der Waals surface area contributed by atoms with Crippen molar-refractivity contribution in [2.24, 2.45) is 22.7 Å². The fourth-order valence-electron chi connectivity index (χ4n) is 5.44. The van der Waals surface area contributed by atoms with Crippen LogP contribution in [0.15, 0.2) is 23.3 Å². The molecule has 0 bridgehead atoms. The zero-order chi connectivity index (χ0) is 18.8. The van der Waals surface area contributed by atoms with Crippen molar-refractivity contribution in [3.8, 4) is 0 Å². The first kappa shape index (κ1) is 20.1. The summed E-state index contributed by atoms with van der Waals surface area (Å²) in [5, 5.41) is 39.5. The second-order valence-corrected chi connectivity index (χ2v) is 8.27. The minimum atomic E-state index is -0.960. The molecule has 0 spiro atoms. The van der Waals surface area contributed by atoms with Crippen LogP contribution in [0.2, 0.25) is 0 Å². The van der Waals surface area contributed by atoms with Crippen LogP contribution in [0, 0.1) is 22.7 Å². The normalized spacial score (nSPS) is 38.9. The van der Waals surface area contributed by atoms with E-state index in [1.807, 2.05) is 6.92 Å². The number of aliphatic hydroxyl groups excluding tert-OH is 3. The van der Waals surface area contributed by atoms with E-state index in [9.17, 15) is 20.1 Å². The van der Waals surface area contributed by atoms with Gasteiger partial charge in [-0.2, -0.15) is 0 Å². The van der Waals surface area contributed by atoms with Gasteiger partial charge < -0.3 is 20.4 Å². The lowest BCUT2D eigenvalue weighted by Crippen LogP contribution is -2.57. The Morgan fingerprint density at radius 3 is 2.56 bits per heavy atom. The standard InChI is InChI=1S/C20H32O5/c1-13(7-10-21)5-6-15-14(12-22)11-16(23)17-19(15,2)8-4-9-20(17,3)18(24)25/h7,11,15-17,21-23H,4-6,8-10,12H2,1-3H3,(H,24,25)/b13-7+/t15-,16?,17?,19+,20-/m0/s1. The van der Waals surface area contributed by atoms with E-state index in [-0.39, 0.29) is 30.5 Å². The maximum Gasteiger partial charge on any atom is 0.309 e. The molecule has 2 unspecified atom stereocenters. The van der Waals surface area contributed by atoms with E-state index >= 15 is 0 Å². The number of rotatable bonds is 6. The van der Waals surface area contributed by atoms with Crippen molar-refractivity contribution in [1.29, 1.82) is 0 Å². The fourth-order valence-corrected chi connectivity index (χ4v) is 5.44. The molecule has 5 nitrogen and oxygen atoms in total. The summed E-state index contributed by atoms with van der Waals surface area (Å²) >= 11 is 0. The van der Waals surface area contributed by atoms with Gasteiger partial charge in [0.15, 0.2) is 0 Å². The molecule has 0 aromatic carbocycles. The molecule has 0 heterocycles. The quantitative estimate of drug-likeness (QED) is 0.551. The Balaban J connectivity index is 2.42. The lowest BCUT2D eigenvalue weighted by Gasteiger charge is -2.57. The summed E-state index contributed by atoms with van der Waals surface area (Å²) in [6, 6.07) is 0. The van der Waals surface area contributed by atoms with Crippen molar-refractivity contribution in [1.82, 2.24) is 0 Å². The van der Waals surface area contributed by atoms with E-state index in [2.05, 4.69) is 6.92 Å². The third-order valence-corrected chi connectivity index (χ3v) is 6.72. The van der Waals surface area contributed by atoms with Crippen molar-refractivity contribution in [3.05, 3.63) is 23.3 Å². The summed E-state index contributed by atoms with van der Waals surface area (Å²) in [6.45, 7) is 5.70. The molecule has 4 N–H and O–H groups in total. The smallest absolute Gasteiger partial charge is 0.309 e. The number of aliphatic carboxylic acids is 1. The van der Waals surface area contributed by atoms with Crippen molar-refractivity contribution in [2.75, 3.05) is 13.2 Å². The number of hydrogen-bond donors (Lipinski definition) is 4. The summed E-state index contributed by atoms with van der Waals surface area (Å²) in [7, 11) is 0. The molecule has 2 aliphatic rings. The van der Waals surface area contributed by atoms with Gasteiger partial charge >= 0.3 is 5.97 Å². The van der Waals surface area contributed by atoms with E-state index in [1.165, 1.54) is 0 Å². The average molecular weight is 352 g/mol. The zero-order valence-electron chi connectivity index (χ0n) is 15.5. The molecule has 0 aromatic rings. The average Bonchev–Trinajstić information content (AvgIpc) is 2.53. The fraction of sp³-hybridized carbons (Fsp3) is 0.750. The first-order valence-electron chi connectivity index (χ1n) is 9.20. The van der Waals surface area contributed by atoms with E-state index in [4.69, 9.17) is 5.11 Å². The van der Waals surface area contributed by atoms with Crippen molar-refractivity contribution in [2.45, 2.75) is 59.0 Å². The first-order chi connectivity index (χ1) is 11.7. The highest BCUT2D eigenvalue weighted by atomic mass is 16.4. The molecule has 0 aromatic heterocycles. The largest absolute Gasteiger partial charge is 0.481 e. The van der Waals surface area contributed by atoms with Gasteiger partial charge in [-0.1, -0.05) is 31.1 Å². The third-order valence-electron chi connectivity index (χ3n) is 6.72. The van der Waals surface area contributed by atoms with Gasteiger partial charge in [0, 0.05) is 5.92 Å². The Morgan fingerprint density at radius 1 is 1.32 bits per heavy atom. The van der Waals surface area contributed by atoms with Crippen LogP contribution >= 0.6 is 0 Å². The molecule has 0 amide bonds. The van der Waals surface area contributed by atoms with Gasteiger partial charge in [-0.15, -0.1) is 0 Å². The van der Waals surface area contributed by atoms with Gasteiger partial charge in [-0.05, 0) is 56.4 Å². The molecule has 0 aliphatic heterocycles. The highest BCUT2D eigenvalue weighted by molar-refractivity contribution is 5.75. The molecule has 1 saturated carbocycles. The Hall–Kier alpha value is -1.17. The number of hydrogen-bond acceptors (Lipinski definition) is 4. The number of fused-ring (bicyclic) bond motifs is 1. The van der Waals surface area contributed by atoms with Crippen LogP contribution < -0.4 is 0 Å². The van der Waals surface area contributed by atoms with Crippen LogP contribution in [-0.4, -0.2) is 45.7 Å². The van der Waals surface area contributed by atoms with E-state index in [0.717, 1.165) is 36.8 Å². The molecular formula is C20H32O5. The molecular weight excluding hydrogens is 320 g/mol. The summed E-state index contributed by atoms with van der Waals surface area (Å²) in [5.74, 6) is -1.18. The van der Waals surface area contributed by atoms with Gasteiger partial charge in [-0.3, -0.25) is 4.79 Å². The lowest BCUT2D eigenvalue weighted by molar-refractivity contribution is -0.171. The van der Waals surface area contributed by atoms with Crippen LogP contribution in [0.4, 0.5) is 0 Å². The van der Waals surface area contributed by atoms with E-state index in [0.29, 0.717) is 6.42 Å². The van der Waals surface area contributed by atoms with Gasteiger partial charge in [0.1, 0.15) is 0 Å². The monoisotopic (exact) mass is 352 g/mol. The number of carboxylic acids is 1. The molecule has 0 saturated heterocycles. The molecule has 1 fully saturated rings. The topological polar surface area (TPSA) is 98.0 Å². The summed E-state index contributed by atoms with van der Waals surface area (Å²) in [4.78, 5) is 12.0. The van der Waals surface area contributed by atoms with Gasteiger partial charge in [0.25, 0.3) is 0 Å². The van der Waals surface area contributed by atoms with Crippen LogP contribution in [0.1, 0.15) is 52.9 Å². The molecule has 2 rings (SSSR count). The Morgan fingerprint density at radius 2 is 2.00 bits per heavy atom. The Labute approximate surface area is 150 Å². The lowest BCUT2D eigenvalue weighted by atomic mass is 9.47. The first-order valence-corrected chi connectivity index (χ1v) is 9.20. The third kappa shape index (κ3) is 3.55. The van der Waals surface area contributed by atoms with Crippen LogP contribution in [0.5, 0.6) is 0 Å². The minimum absolute atomic E-state index is 0.00882. The maximum atomic E-state index is 12.0. The number of aliphatic hydroxyl groups is 3. The molecule has 25 heavy (non-hydrogen) atoms. The minimum Gasteiger partial charge on any atom is -0.481 e. The Kier molecular flexibility index (Phi) is 6.13. The Bertz CT molecular complexity index is 566. The predicted octanol–water partition coefficient (Wildman–Crippen LogP) is 2.51. The van der Waals surface area contributed by atoms with Gasteiger partial charge in [0.05, 0.1) is 24.7 Å². The molecule has 0 radical (unpaired) electrons. The summed E-state index contributed by atoms with van der Waals surface area (Å²) < 4.78 is 0. The van der Waals surface area contributed by atoms with E-state index < -0.39 is 17.5 Å². The number of allylic oxidation sites excluding steroid dienone is 1. The van der Waals surface area contributed by atoms with Crippen molar-refractivity contribution >= 4 is 5.97 Å². The van der Waals surface area contributed by atoms with E-state index in [1.54, 1.807) is 19.1 Å². The van der Waals surface area contributed by atoms with Crippen LogP contribution in [-0.2, 0) is 4.79 Å². The molecule has 2 aliphatic carbocycles. The second-order valence-electron chi connectivity index (χ2n) is 8.27. The highest BCUT2D eigenvalue weighted by Gasteiger charge is 2.59. The second kappa shape index (κ2) is 7.60. The number of carboxylic acid groups (broad SMARTS) is 1. The van der Waals surface area contributed by atoms with Gasteiger partial charge in [-0.25, -0.2) is 0 Å². The zero-order valence-corrected chi connectivity index (χ0v) is 15.5. The van der Waals surface area contributed by atoms with Crippen molar-refractivity contribution < 1.29 is 25.2 Å².